The molecule has 38 heavy (non-hydrogen) atoms. The Kier molecular flexibility index (Phi) is 7.81. The fraction of sp³-hybridized carbons (Fsp3) is 0.147. The predicted octanol–water partition coefficient (Wildman–Crippen LogP) is 7.16. The van der Waals surface area contributed by atoms with E-state index in [0.717, 1.165) is 36.4 Å². The molecule has 0 fully saturated rings. The van der Waals surface area contributed by atoms with E-state index in [1.165, 1.54) is 11.1 Å². The highest BCUT2D eigenvalue weighted by Gasteiger charge is 2.37. The van der Waals surface area contributed by atoms with Gasteiger partial charge in [0.2, 0.25) is 0 Å². The van der Waals surface area contributed by atoms with E-state index in [2.05, 4.69) is 101 Å². The summed E-state index contributed by atoms with van der Waals surface area (Å²) in [4.78, 5) is 15.2. The lowest BCUT2D eigenvalue weighted by atomic mass is 9.90. The molecule has 0 aromatic heterocycles. The molecule has 4 heteroatoms. The first-order valence-corrected chi connectivity index (χ1v) is 13.0. The predicted molar refractivity (Wildman–Crippen MR) is 156 cm³/mol. The quantitative estimate of drug-likeness (QED) is 0.171. The number of para-hydroxylation sites is 2. The fourth-order valence-electron chi connectivity index (χ4n) is 4.94. The Balaban J connectivity index is 1.44. The molecule has 0 saturated heterocycles. The summed E-state index contributed by atoms with van der Waals surface area (Å²) in [6.45, 7) is 1.58. The second-order valence-electron chi connectivity index (χ2n) is 9.61. The molecule has 4 aromatic carbocycles. The van der Waals surface area contributed by atoms with Crippen molar-refractivity contribution in [2.24, 2.45) is 0 Å². The van der Waals surface area contributed by atoms with Gasteiger partial charge in [-0.25, -0.2) is 5.01 Å². The molecule has 0 heterocycles. The van der Waals surface area contributed by atoms with E-state index in [0.29, 0.717) is 6.42 Å². The Morgan fingerprint density at radius 2 is 1.13 bits per heavy atom. The monoisotopic (exact) mass is 499 g/mol. The molecular formula is C34H33N3O. The van der Waals surface area contributed by atoms with Crippen molar-refractivity contribution in [3.63, 3.8) is 0 Å². The van der Waals surface area contributed by atoms with E-state index in [1.807, 2.05) is 60.6 Å². The molecule has 1 atom stereocenters. The zero-order chi connectivity index (χ0) is 26.2. The number of benzene rings is 4. The van der Waals surface area contributed by atoms with E-state index in [-0.39, 0.29) is 0 Å². The summed E-state index contributed by atoms with van der Waals surface area (Å²) in [5.74, 6) is 0. The summed E-state index contributed by atoms with van der Waals surface area (Å²) in [6, 6.07) is 41.4. The van der Waals surface area contributed by atoms with Crippen LogP contribution < -0.4 is 5.01 Å². The summed E-state index contributed by atoms with van der Waals surface area (Å²) in [5.41, 5.74) is 4.80. The van der Waals surface area contributed by atoms with Crippen molar-refractivity contribution >= 4 is 17.7 Å². The third kappa shape index (κ3) is 5.61. The van der Waals surface area contributed by atoms with Crippen molar-refractivity contribution in [3.05, 3.63) is 156 Å². The van der Waals surface area contributed by atoms with Crippen molar-refractivity contribution in [3.8, 4) is 0 Å². The van der Waals surface area contributed by atoms with Crippen molar-refractivity contribution in [1.29, 1.82) is 0 Å². The summed E-state index contributed by atoms with van der Waals surface area (Å²) < 4.78 is 0. The Bertz CT molecular complexity index is 1290. The largest absolute Gasteiger partial charge is 0.363 e. The van der Waals surface area contributed by atoms with Crippen LogP contribution in [0.4, 0.5) is 11.4 Å². The number of allylic oxidation sites excluding steroid dienone is 1. The molecule has 0 saturated carbocycles. The van der Waals surface area contributed by atoms with Crippen LogP contribution >= 0.6 is 0 Å². The van der Waals surface area contributed by atoms with Crippen LogP contribution in [0.25, 0.3) is 0 Å². The highest BCUT2D eigenvalue weighted by atomic mass is 16.1. The van der Waals surface area contributed by atoms with Gasteiger partial charge in [-0.3, -0.25) is 5.01 Å². The Labute approximate surface area is 225 Å². The lowest BCUT2D eigenvalue weighted by Crippen LogP contribution is -2.54. The number of hydrogen-bond acceptors (Lipinski definition) is 4. The molecule has 0 unspecified atom stereocenters. The molecule has 0 amide bonds. The molecule has 0 N–H and O–H groups in total. The Morgan fingerprint density at radius 3 is 1.53 bits per heavy atom. The highest BCUT2D eigenvalue weighted by molar-refractivity contribution is 5.72. The number of nitrogens with zero attached hydrogens (tertiary/aromatic N) is 3. The topological polar surface area (TPSA) is 26.8 Å². The SMILES string of the molecule is CN(N(c1ccccc1)c1ccccc1)[C@]1(C=O)C=CC(N(Cc2ccccc2)Cc2ccccc2)=CC1. The lowest BCUT2D eigenvalue weighted by molar-refractivity contribution is -0.115. The molecule has 5 rings (SSSR count). The third-order valence-corrected chi connectivity index (χ3v) is 7.09. The zero-order valence-corrected chi connectivity index (χ0v) is 21.7. The van der Waals surface area contributed by atoms with Crippen LogP contribution in [0.3, 0.4) is 0 Å². The number of anilines is 2. The minimum atomic E-state index is -0.819. The molecule has 0 spiro atoms. The van der Waals surface area contributed by atoms with Crippen LogP contribution in [0.1, 0.15) is 17.5 Å². The molecule has 0 bridgehead atoms. The van der Waals surface area contributed by atoms with Crippen LogP contribution in [0.2, 0.25) is 0 Å². The van der Waals surface area contributed by atoms with Gasteiger partial charge in [0.15, 0.2) is 0 Å². The summed E-state index contributed by atoms with van der Waals surface area (Å²) >= 11 is 0. The second-order valence-corrected chi connectivity index (χ2v) is 9.61. The minimum Gasteiger partial charge on any atom is -0.363 e. The average Bonchev–Trinajstić information content (AvgIpc) is 2.99. The summed E-state index contributed by atoms with van der Waals surface area (Å²) in [5, 5.41) is 4.16. The highest BCUT2D eigenvalue weighted by Crippen LogP contribution is 2.35. The van der Waals surface area contributed by atoms with Crippen LogP contribution in [0, 0.1) is 0 Å². The van der Waals surface area contributed by atoms with Crippen LogP contribution in [0.15, 0.2) is 145 Å². The van der Waals surface area contributed by atoms with Crippen molar-refractivity contribution in [1.82, 2.24) is 9.91 Å². The normalized spacial score (nSPS) is 16.6. The van der Waals surface area contributed by atoms with Crippen LogP contribution in [0.5, 0.6) is 0 Å². The number of hydrazine groups is 1. The van der Waals surface area contributed by atoms with Crippen molar-refractivity contribution in [2.75, 3.05) is 12.1 Å². The first-order valence-electron chi connectivity index (χ1n) is 13.0. The summed E-state index contributed by atoms with van der Waals surface area (Å²) in [7, 11) is 1.99. The molecule has 4 nitrogen and oxygen atoms in total. The molecule has 1 aliphatic carbocycles. The molecule has 4 aromatic rings. The van der Waals surface area contributed by atoms with Crippen LogP contribution in [-0.2, 0) is 17.9 Å². The average molecular weight is 500 g/mol. The molecule has 0 aliphatic heterocycles. The van der Waals surface area contributed by atoms with Gasteiger partial charge in [-0.15, -0.1) is 0 Å². The summed E-state index contributed by atoms with van der Waals surface area (Å²) in [6.07, 6.45) is 7.99. The number of likely N-dealkylation sites (N-methyl/N-ethyl adjacent to an activating group) is 1. The number of hydrogen-bond donors (Lipinski definition) is 0. The van der Waals surface area contributed by atoms with Gasteiger partial charge in [0.05, 0.1) is 11.4 Å². The van der Waals surface area contributed by atoms with Crippen molar-refractivity contribution in [2.45, 2.75) is 25.0 Å². The number of carbonyl (C=O) groups is 1. The van der Waals surface area contributed by atoms with Crippen LogP contribution in [-0.4, -0.2) is 28.8 Å². The molecule has 190 valence electrons. The fourth-order valence-corrected chi connectivity index (χ4v) is 4.94. The van der Waals surface area contributed by atoms with Gasteiger partial charge in [-0.1, -0.05) is 109 Å². The third-order valence-electron chi connectivity index (χ3n) is 7.09. The van der Waals surface area contributed by atoms with E-state index >= 15 is 0 Å². The van der Waals surface area contributed by atoms with Gasteiger partial charge in [-0.2, -0.15) is 0 Å². The first-order chi connectivity index (χ1) is 18.7. The van der Waals surface area contributed by atoms with E-state index < -0.39 is 5.54 Å². The van der Waals surface area contributed by atoms with Crippen molar-refractivity contribution < 1.29 is 4.79 Å². The standard InChI is InChI=1S/C34H33N3O/c1-35(37(32-18-10-4-11-19-32)33-20-12-5-13-21-33)34(28-38)24-22-31(23-25-34)36(26-29-14-6-2-7-15-29)27-30-16-8-3-9-17-30/h2-24,28H,25-27H2,1H3/t34-/m1/s1. The maximum Gasteiger partial charge on any atom is 0.146 e. The maximum atomic E-state index is 12.8. The maximum absolute atomic E-state index is 12.8. The van der Waals surface area contributed by atoms with Gasteiger partial charge < -0.3 is 9.69 Å². The smallest absolute Gasteiger partial charge is 0.146 e. The van der Waals surface area contributed by atoms with E-state index in [9.17, 15) is 4.79 Å². The number of rotatable bonds is 10. The minimum absolute atomic E-state index is 0.565. The van der Waals surface area contributed by atoms with E-state index in [4.69, 9.17) is 0 Å². The lowest BCUT2D eigenvalue weighted by Gasteiger charge is -2.44. The van der Waals surface area contributed by atoms with Gasteiger partial charge in [0.1, 0.15) is 11.8 Å². The van der Waals surface area contributed by atoms with Gasteiger partial charge in [0, 0.05) is 25.8 Å². The molecule has 0 radical (unpaired) electrons. The van der Waals surface area contributed by atoms with E-state index in [1.54, 1.807) is 0 Å². The van der Waals surface area contributed by atoms with Gasteiger partial charge in [-0.05, 0) is 47.9 Å². The van der Waals surface area contributed by atoms with Gasteiger partial charge in [0.25, 0.3) is 0 Å². The zero-order valence-electron chi connectivity index (χ0n) is 21.7. The number of carbonyl (C=O) groups excluding carboxylic acids is 1. The molecular weight excluding hydrogens is 466 g/mol. The second kappa shape index (κ2) is 11.8. The Hall–Kier alpha value is -4.41. The molecule has 1 aliphatic rings. The first kappa shape index (κ1) is 25.2. The number of aldehydes is 1. The van der Waals surface area contributed by atoms with Gasteiger partial charge >= 0.3 is 0 Å². The Morgan fingerprint density at radius 1 is 0.684 bits per heavy atom.